The van der Waals surface area contributed by atoms with Crippen LogP contribution >= 0.6 is 0 Å². The van der Waals surface area contributed by atoms with Crippen molar-refractivity contribution in [1.82, 2.24) is 20.1 Å². The monoisotopic (exact) mass is 223 g/mol. The molecule has 88 valence electrons. The molecule has 1 fully saturated rings. The molecule has 1 unspecified atom stereocenters. The van der Waals surface area contributed by atoms with Gasteiger partial charge in [0.15, 0.2) is 5.82 Å². The van der Waals surface area contributed by atoms with Crippen LogP contribution in [-0.4, -0.2) is 26.7 Å². The molecule has 1 aliphatic rings. The van der Waals surface area contributed by atoms with Crippen molar-refractivity contribution >= 4 is 5.91 Å². The number of aryl methyl sites for hydroxylation is 1. The fourth-order valence-corrected chi connectivity index (χ4v) is 1.62. The Morgan fingerprint density at radius 3 is 3.06 bits per heavy atom. The number of carbonyl (C=O) groups is 1. The zero-order valence-corrected chi connectivity index (χ0v) is 9.39. The minimum Gasteiger partial charge on any atom is -0.349 e. The molecule has 0 aromatic carbocycles. The number of nitrogens with one attached hydrogen (secondary N) is 1. The first kappa shape index (κ1) is 11.1. The van der Waals surface area contributed by atoms with Gasteiger partial charge in [0.05, 0.1) is 6.54 Å². The Bertz CT molecular complexity index is 371. The van der Waals surface area contributed by atoms with Crippen LogP contribution in [0.4, 0.5) is 0 Å². The number of nitrogens with zero attached hydrogens (tertiary/aromatic N) is 3. The van der Waals surface area contributed by atoms with E-state index in [0.717, 1.165) is 12.8 Å². The third-order valence-electron chi connectivity index (χ3n) is 2.74. The van der Waals surface area contributed by atoms with E-state index >= 15 is 0 Å². The Labute approximate surface area is 94.2 Å². The van der Waals surface area contributed by atoms with Gasteiger partial charge in [0, 0.05) is 19.5 Å². The molecule has 6 nitrogen and oxygen atoms in total. The van der Waals surface area contributed by atoms with Crippen molar-refractivity contribution in [2.75, 3.05) is 0 Å². The van der Waals surface area contributed by atoms with E-state index in [1.54, 1.807) is 18.1 Å². The first-order chi connectivity index (χ1) is 7.65. The number of hydrogen-bond acceptors (Lipinski definition) is 4. The van der Waals surface area contributed by atoms with E-state index in [4.69, 9.17) is 5.73 Å². The van der Waals surface area contributed by atoms with Gasteiger partial charge in [-0.3, -0.25) is 9.48 Å². The van der Waals surface area contributed by atoms with Crippen LogP contribution in [0.1, 0.15) is 25.1 Å². The Morgan fingerprint density at radius 1 is 1.75 bits per heavy atom. The molecule has 16 heavy (non-hydrogen) atoms. The summed E-state index contributed by atoms with van der Waals surface area (Å²) >= 11 is 0. The largest absolute Gasteiger partial charge is 0.349 e. The molecular weight excluding hydrogens is 206 g/mol. The van der Waals surface area contributed by atoms with E-state index < -0.39 is 0 Å². The lowest BCUT2D eigenvalue weighted by Crippen LogP contribution is -2.32. The van der Waals surface area contributed by atoms with E-state index in [1.165, 1.54) is 0 Å². The van der Waals surface area contributed by atoms with E-state index in [9.17, 15) is 4.79 Å². The van der Waals surface area contributed by atoms with Gasteiger partial charge in [0.2, 0.25) is 5.91 Å². The number of hydrogen-bond donors (Lipinski definition) is 2. The zero-order valence-electron chi connectivity index (χ0n) is 9.39. The van der Waals surface area contributed by atoms with E-state index in [2.05, 4.69) is 15.4 Å². The summed E-state index contributed by atoms with van der Waals surface area (Å²) in [5.74, 6) is 1.15. The van der Waals surface area contributed by atoms with Crippen molar-refractivity contribution in [3.63, 3.8) is 0 Å². The molecule has 2 rings (SSSR count). The van der Waals surface area contributed by atoms with Crippen molar-refractivity contribution < 1.29 is 4.79 Å². The van der Waals surface area contributed by atoms with Crippen LogP contribution in [0.15, 0.2) is 6.33 Å². The summed E-state index contributed by atoms with van der Waals surface area (Å²) in [6.07, 6.45) is 4.33. The first-order valence-corrected chi connectivity index (χ1v) is 5.52. The van der Waals surface area contributed by atoms with E-state index in [0.29, 0.717) is 24.7 Å². The molecule has 6 heteroatoms. The standard InChI is InChI=1S/C10H17N5O/c1-15-6-13-9(14-15)5-12-10(16)4-8(11)7-2-3-7/h6-8H,2-5,11H2,1H3,(H,12,16). The maximum atomic E-state index is 11.5. The lowest BCUT2D eigenvalue weighted by Gasteiger charge is -2.09. The molecule has 1 atom stereocenters. The Hall–Kier alpha value is -1.43. The molecule has 0 saturated heterocycles. The lowest BCUT2D eigenvalue weighted by atomic mass is 10.1. The van der Waals surface area contributed by atoms with Crippen molar-refractivity contribution in [2.24, 2.45) is 18.7 Å². The normalized spacial score (nSPS) is 17.1. The third kappa shape index (κ3) is 3.03. The van der Waals surface area contributed by atoms with Crippen molar-refractivity contribution in [3.8, 4) is 0 Å². The van der Waals surface area contributed by atoms with Crippen LogP contribution in [0, 0.1) is 5.92 Å². The van der Waals surface area contributed by atoms with Crippen LogP contribution < -0.4 is 11.1 Å². The molecular formula is C10H17N5O. The summed E-state index contributed by atoms with van der Waals surface area (Å²) in [4.78, 5) is 15.5. The second-order valence-corrected chi connectivity index (χ2v) is 4.32. The molecule has 1 aromatic heterocycles. The number of aromatic nitrogens is 3. The zero-order chi connectivity index (χ0) is 11.5. The summed E-state index contributed by atoms with van der Waals surface area (Å²) in [6, 6.07) is 0.0108. The van der Waals surface area contributed by atoms with Crippen molar-refractivity contribution in [2.45, 2.75) is 31.8 Å². The fraction of sp³-hybridized carbons (Fsp3) is 0.700. The van der Waals surface area contributed by atoms with Gasteiger partial charge in [-0.05, 0) is 18.8 Å². The second-order valence-electron chi connectivity index (χ2n) is 4.32. The van der Waals surface area contributed by atoms with Crippen LogP contribution in [0.3, 0.4) is 0 Å². The van der Waals surface area contributed by atoms with Crippen LogP contribution in [0.2, 0.25) is 0 Å². The molecule has 1 heterocycles. The fourth-order valence-electron chi connectivity index (χ4n) is 1.62. The predicted octanol–water partition coefficient (Wildman–Crippen LogP) is -0.441. The summed E-state index contributed by atoms with van der Waals surface area (Å²) in [5, 5.41) is 6.84. The number of rotatable bonds is 5. The van der Waals surface area contributed by atoms with Crippen molar-refractivity contribution in [3.05, 3.63) is 12.2 Å². The predicted molar refractivity (Wildman–Crippen MR) is 58.2 cm³/mol. The maximum Gasteiger partial charge on any atom is 0.221 e. The SMILES string of the molecule is Cn1cnc(CNC(=O)CC(N)C2CC2)n1. The average Bonchev–Trinajstić information content (AvgIpc) is 3.00. The highest BCUT2D eigenvalue weighted by atomic mass is 16.1. The maximum absolute atomic E-state index is 11.5. The Morgan fingerprint density at radius 2 is 2.50 bits per heavy atom. The summed E-state index contributed by atoms with van der Waals surface area (Å²) in [7, 11) is 1.79. The van der Waals surface area contributed by atoms with Crippen LogP contribution in [0.5, 0.6) is 0 Å². The van der Waals surface area contributed by atoms with Crippen LogP contribution in [0.25, 0.3) is 0 Å². The van der Waals surface area contributed by atoms with E-state index in [-0.39, 0.29) is 11.9 Å². The number of amides is 1. The molecule has 0 aliphatic heterocycles. The first-order valence-electron chi connectivity index (χ1n) is 5.52. The molecule has 1 aromatic rings. The molecule has 1 amide bonds. The molecule has 1 saturated carbocycles. The Kier molecular flexibility index (Phi) is 3.19. The quantitative estimate of drug-likeness (QED) is 0.708. The summed E-state index contributed by atoms with van der Waals surface area (Å²) in [5.41, 5.74) is 5.86. The number of nitrogens with two attached hydrogens (primary N) is 1. The number of carbonyl (C=O) groups excluding carboxylic acids is 1. The molecule has 0 radical (unpaired) electrons. The van der Waals surface area contributed by atoms with E-state index in [1.807, 2.05) is 0 Å². The highest BCUT2D eigenvalue weighted by Gasteiger charge is 2.29. The van der Waals surface area contributed by atoms with Gasteiger partial charge in [-0.15, -0.1) is 0 Å². The molecule has 0 spiro atoms. The minimum absolute atomic E-state index is 0.0108. The van der Waals surface area contributed by atoms with Gasteiger partial charge in [-0.25, -0.2) is 4.98 Å². The molecule has 3 N–H and O–H groups in total. The van der Waals surface area contributed by atoms with Gasteiger partial charge in [-0.2, -0.15) is 5.10 Å². The van der Waals surface area contributed by atoms with Crippen molar-refractivity contribution in [1.29, 1.82) is 0 Å². The molecule has 1 aliphatic carbocycles. The Balaban J connectivity index is 1.70. The highest BCUT2D eigenvalue weighted by Crippen LogP contribution is 2.32. The molecule has 0 bridgehead atoms. The third-order valence-corrected chi connectivity index (χ3v) is 2.74. The minimum atomic E-state index is -0.0214. The highest BCUT2D eigenvalue weighted by molar-refractivity contribution is 5.76. The summed E-state index contributed by atoms with van der Waals surface area (Å²) < 4.78 is 1.61. The second kappa shape index (κ2) is 4.61. The van der Waals surface area contributed by atoms with Gasteiger partial charge in [0.25, 0.3) is 0 Å². The van der Waals surface area contributed by atoms with Gasteiger partial charge >= 0.3 is 0 Å². The average molecular weight is 223 g/mol. The lowest BCUT2D eigenvalue weighted by molar-refractivity contribution is -0.121. The van der Waals surface area contributed by atoms with Crippen LogP contribution in [-0.2, 0) is 18.4 Å². The van der Waals surface area contributed by atoms with Gasteiger partial charge in [0.1, 0.15) is 6.33 Å². The van der Waals surface area contributed by atoms with Gasteiger partial charge in [-0.1, -0.05) is 0 Å². The van der Waals surface area contributed by atoms with Gasteiger partial charge < -0.3 is 11.1 Å². The topological polar surface area (TPSA) is 85.8 Å². The smallest absolute Gasteiger partial charge is 0.221 e. The summed E-state index contributed by atoms with van der Waals surface area (Å²) in [6.45, 7) is 0.372.